The predicted molar refractivity (Wildman–Crippen MR) is 83.9 cm³/mol. The summed E-state index contributed by atoms with van der Waals surface area (Å²) < 4.78 is 5.85. The lowest BCUT2D eigenvalue weighted by molar-refractivity contribution is 0.0440. The molecule has 1 aliphatic rings. The number of halogens is 1. The molecule has 1 unspecified atom stereocenters. The van der Waals surface area contributed by atoms with Gasteiger partial charge < -0.3 is 15.4 Å². The van der Waals surface area contributed by atoms with Crippen molar-refractivity contribution in [1.82, 2.24) is 0 Å². The minimum absolute atomic E-state index is 0.00403. The largest absolute Gasteiger partial charge is 0.384 e. The van der Waals surface area contributed by atoms with Gasteiger partial charge in [0.2, 0.25) is 0 Å². The van der Waals surface area contributed by atoms with Gasteiger partial charge in [-0.15, -0.1) is 0 Å². The van der Waals surface area contributed by atoms with Crippen molar-refractivity contribution in [3.63, 3.8) is 0 Å². The zero-order valence-electron chi connectivity index (χ0n) is 11.9. The standard InChI is InChI=1S/C15H22ClN3O/c1-2-8-20-12-4-3-7-19(10-12)11-5-6-13(15(17)18)14(16)9-11/h5-6,9,12H,2-4,7-8,10H2,1H3,(H3,17,18). The van der Waals surface area contributed by atoms with E-state index in [0.29, 0.717) is 16.7 Å². The van der Waals surface area contributed by atoms with Crippen molar-refractivity contribution in [3.05, 3.63) is 28.8 Å². The van der Waals surface area contributed by atoms with Gasteiger partial charge >= 0.3 is 0 Å². The van der Waals surface area contributed by atoms with Crippen molar-refractivity contribution in [2.24, 2.45) is 5.73 Å². The van der Waals surface area contributed by atoms with E-state index in [2.05, 4.69) is 11.8 Å². The van der Waals surface area contributed by atoms with Crippen molar-refractivity contribution in [2.45, 2.75) is 32.3 Å². The molecular weight excluding hydrogens is 274 g/mol. The normalized spacial score (nSPS) is 19.1. The van der Waals surface area contributed by atoms with E-state index in [9.17, 15) is 0 Å². The maximum absolute atomic E-state index is 7.46. The summed E-state index contributed by atoms with van der Waals surface area (Å²) in [5.41, 5.74) is 7.15. The van der Waals surface area contributed by atoms with E-state index in [4.69, 9.17) is 27.5 Å². The molecule has 1 aliphatic heterocycles. The molecule has 0 saturated carbocycles. The van der Waals surface area contributed by atoms with Crippen molar-refractivity contribution in [2.75, 3.05) is 24.6 Å². The van der Waals surface area contributed by atoms with Crippen molar-refractivity contribution in [1.29, 1.82) is 5.41 Å². The topological polar surface area (TPSA) is 62.3 Å². The number of nitrogens with two attached hydrogens (primary N) is 1. The molecular formula is C15H22ClN3O. The highest BCUT2D eigenvalue weighted by Gasteiger charge is 2.21. The lowest BCUT2D eigenvalue weighted by Gasteiger charge is -2.34. The smallest absolute Gasteiger partial charge is 0.124 e. The third-order valence-electron chi connectivity index (χ3n) is 3.54. The molecule has 0 spiro atoms. The maximum Gasteiger partial charge on any atom is 0.124 e. The lowest BCUT2D eigenvalue weighted by atomic mass is 10.1. The van der Waals surface area contributed by atoms with Gasteiger partial charge in [0.1, 0.15) is 5.84 Å². The number of rotatable bonds is 5. The lowest BCUT2D eigenvalue weighted by Crippen LogP contribution is -2.39. The third-order valence-corrected chi connectivity index (χ3v) is 3.86. The van der Waals surface area contributed by atoms with Crippen LogP contribution in [0, 0.1) is 5.41 Å². The Bertz CT molecular complexity index is 478. The fourth-order valence-electron chi connectivity index (χ4n) is 2.51. The van der Waals surface area contributed by atoms with Gasteiger partial charge in [-0.3, -0.25) is 5.41 Å². The molecule has 0 aromatic heterocycles. The Morgan fingerprint density at radius 1 is 1.55 bits per heavy atom. The summed E-state index contributed by atoms with van der Waals surface area (Å²) >= 11 is 6.18. The van der Waals surface area contributed by atoms with E-state index in [1.54, 1.807) is 0 Å². The number of hydrogen-bond acceptors (Lipinski definition) is 3. The first-order valence-electron chi connectivity index (χ1n) is 7.12. The Morgan fingerprint density at radius 3 is 3.00 bits per heavy atom. The van der Waals surface area contributed by atoms with Crippen LogP contribution >= 0.6 is 11.6 Å². The summed E-state index contributed by atoms with van der Waals surface area (Å²) in [4.78, 5) is 2.29. The number of anilines is 1. The van der Waals surface area contributed by atoms with Crippen LogP contribution in [0.5, 0.6) is 0 Å². The first-order chi connectivity index (χ1) is 9.61. The molecule has 1 aromatic carbocycles. The molecule has 0 aliphatic carbocycles. The Hall–Kier alpha value is -1.26. The summed E-state index contributed by atoms with van der Waals surface area (Å²) in [5.74, 6) is 0.00403. The molecule has 1 aromatic rings. The zero-order chi connectivity index (χ0) is 14.5. The summed E-state index contributed by atoms with van der Waals surface area (Å²) in [6.07, 6.45) is 3.60. The first kappa shape index (κ1) is 15.1. The van der Waals surface area contributed by atoms with Gasteiger partial charge in [-0.25, -0.2) is 0 Å². The van der Waals surface area contributed by atoms with Gasteiger partial charge in [-0.2, -0.15) is 0 Å². The highest BCUT2D eigenvalue weighted by molar-refractivity contribution is 6.34. The van der Waals surface area contributed by atoms with E-state index in [-0.39, 0.29) is 5.84 Å². The maximum atomic E-state index is 7.46. The quantitative estimate of drug-likeness (QED) is 0.648. The van der Waals surface area contributed by atoms with Crippen LogP contribution in [0.3, 0.4) is 0 Å². The van der Waals surface area contributed by atoms with Crippen LogP contribution in [0.25, 0.3) is 0 Å². The van der Waals surface area contributed by atoms with Crippen LogP contribution in [-0.4, -0.2) is 31.6 Å². The second-order valence-corrected chi connectivity index (χ2v) is 5.57. The highest BCUT2D eigenvalue weighted by Crippen LogP contribution is 2.26. The Labute approximate surface area is 125 Å². The van der Waals surface area contributed by atoms with E-state index >= 15 is 0 Å². The second kappa shape index (κ2) is 6.95. The molecule has 0 amide bonds. The van der Waals surface area contributed by atoms with Crippen molar-refractivity contribution < 1.29 is 4.74 Å². The van der Waals surface area contributed by atoms with E-state index in [1.165, 1.54) is 0 Å². The van der Waals surface area contributed by atoms with E-state index in [0.717, 1.165) is 44.6 Å². The molecule has 3 N–H and O–H groups in total. The van der Waals surface area contributed by atoms with Gasteiger partial charge in [-0.1, -0.05) is 18.5 Å². The average molecular weight is 296 g/mol. The van der Waals surface area contributed by atoms with Gasteiger partial charge in [0.15, 0.2) is 0 Å². The number of hydrogen-bond donors (Lipinski definition) is 2. The van der Waals surface area contributed by atoms with Crippen LogP contribution in [0.15, 0.2) is 18.2 Å². The van der Waals surface area contributed by atoms with Gasteiger partial charge in [0, 0.05) is 30.9 Å². The number of nitrogen functional groups attached to an aromatic ring is 1. The minimum Gasteiger partial charge on any atom is -0.384 e. The molecule has 1 atom stereocenters. The number of piperidine rings is 1. The number of ether oxygens (including phenoxy) is 1. The molecule has 20 heavy (non-hydrogen) atoms. The molecule has 110 valence electrons. The SMILES string of the molecule is CCCOC1CCCN(c2ccc(C(=N)N)c(Cl)c2)C1. The second-order valence-electron chi connectivity index (χ2n) is 5.16. The van der Waals surface area contributed by atoms with Crippen molar-refractivity contribution in [3.8, 4) is 0 Å². The van der Waals surface area contributed by atoms with E-state index < -0.39 is 0 Å². The minimum atomic E-state index is 0.00403. The Kier molecular flexibility index (Phi) is 5.26. The monoisotopic (exact) mass is 295 g/mol. The summed E-state index contributed by atoms with van der Waals surface area (Å²) in [7, 11) is 0. The molecule has 1 saturated heterocycles. The Morgan fingerprint density at radius 2 is 2.35 bits per heavy atom. The summed E-state index contributed by atoms with van der Waals surface area (Å²) in [5, 5.41) is 7.99. The molecule has 5 heteroatoms. The van der Waals surface area contributed by atoms with Crippen LogP contribution < -0.4 is 10.6 Å². The molecule has 1 heterocycles. The molecule has 4 nitrogen and oxygen atoms in total. The predicted octanol–water partition coefficient (Wildman–Crippen LogP) is 3.02. The molecule has 0 radical (unpaired) electrons. The number of benzene rings is 1. The molecule has 0 bridgehead atoms. The van der Waals surface area contributed by atoms with Crippen molar-refractivity contribution >= 4 is 23.1 Å². The molecule has 1 fully saturated rings. The molecule has 2 rings (SSSR count). The van der Waals surface area contributed by atoms with Crippen LogP contribution in [0.4, 0.5) is 5.69 Å². The average Bonchev–Trinajstić information content (AvgIpc) is 2.45. The van der Waals surface area contributed by atoms with Crippen LogP contribution in [0.2, 0.25) is 5.02 Å². The van der Waals surface area contributed by atoms with Crippen LogP contribution in [-0.2, 0) is 4.74 Å². The summed E-state index contributed by atoms with van der Waals surface area (Å²) in [6.45, 7) is 4.86. The first-order valence-corrected chi connectivity index (χ1v) is 7.50. The third kappa shape index (κ3) is 3.64. The van der Waals surface area contributed by atoms with E-state index in [1.807, 2.05) is 18.2 Å². The number of amidine groups is 1. The van der Waals surface area contributed by atoms with Crippen LogP contribution in [0.1, 0.15) is 31.7 Å². The zero-order valence-corrected chi connectivity index (χ0v) is 12.6. The van der Waals surface area contributed by atoms with Gasteiger partial charge in [-0.05, 0) is 37.5 Å². The summed E-state index contributed by atoms with van der Waals surface area (Å²) in [6, 6.07) is 5.68. The van der Waals surface area contributed by atoms with Gasteiger partial charge in [0.25, 0.3) is 0 Å². The highest BCUT2D eigenvalue weighted by atomic mass is 35.5. The van der Waals surface area contributed by atoms with Gasteiger partial charge in [0.05, 0.1) is 11.1 Å². The Balaban J connectivity index is 2.07. The fraction of sp³-hybridized carbons (Fsp3) is 0.533. The number of nitrogens with one attached hydrogen (secondary N) is 1. The fourth-order valence-corrected chi connectivity index (χ4v) is 2.79. The number of nitrogens with zero attached hydrogens (tertiary/aromatic N) is 1.